The van der Waals surface area contributed by atoms with E-state index in [1.807, 2.05) is 0 Å². The van der Waals surface area contributed by atoms with E-state index in [0.29, 0.717) is 11.1 Å². The lowest BCUT2D eigenvalue weighted by Crippen LogP contribution is -2.26. The predicted octanol–water partition coefficient (Wildman–Crippen LogP) is 3.80. The average Bonchev–Trinajstić information content (AvgIpc) is 2.43. The van der Waals surface area contributed by atoms with Crippen molar-refractivity contribution >= 4 is 29.1 Å². The van der Waals surface area contributed by atoms with Crippen LogP contribution in [0.4, 0.5) is 4.39 Å². The van der Waals surface area contributed by atoms with Gasteiger partial charge in [0.1, 0.15) is 11.0 Å². The van der Waals surface area contributed by atoms with Gasteiger partial charge in [-0.15, -0.1) is 0 Å². The number of hydrogen-bond acceptors (Lipinski definition) is 2. The fourth-order valence-corrected chi connectivity index (χ4v) is 1.98. The van der Waals surface area contributed by atoms with Crippen molar-refractivity contribution in [1.82, 2.24) is 9.88 Å². The third kappa shape index (κ3) is 3.26. The topological polar surface area (TPSA) is 33.2 Å². The molecule has 0 saturated heterocycles. The molecule has 0 atom stereocenters. The van der Waals surface area contributed by atoms with Gasteiger partial charge in [-0.2, -0.15) is 0 Å². The van der Waals surface area contributed by atoms with Crippen LogP contribution in [0.2, 0.25) is 10.2 Å². The number of carbonyl (C=O) groups excluding carboxylic acids is 1. The van der Waals surface area contributed by atoms with Crippen LogP contribution >= 0.6 is 23.2 Å². The summed E-state index contributed by atoms with van der Waals surface area (Å²) in [5.74, 6) is -0.654. The van der Waals surface area contributed by atoms with Crippen molar-refractivity contribution < 1.29 is 9.18 Å². The summed E-state index contributed by atoms with van der Waals surface area (Å²) in [6, 6.07) is 7.75. The highest BCUT2D eigenvalue weighted by molar-refractivity contribution is 6.41. The summed E-state index contributed by atoms with van der Waals surface area (Å²) in [4.78, 5) is 17.4. The minimum atomic E-state index is -0.348. The van der Waals surface area contributed by atoms with E-state index < -0.39 is 0 Å². The maximum Gasteiger partial charge on any atom is 0.255 e. The molecular formula is C14H11Cl2FN2O. The van der Waals surface area contributed by atoms with E-state index in [1.54, 1.807) is 25.2 Å². The molecule has 0 N–H and O–H groups in total. The molecule has 1 amide bonds. The van der Waals surface area contributed by atoms with Gasteiger partial charge < -0.3 is 4.90 Å². The highest BCUT2D eigenvalue weighted by atomic mass is 35.5. The number of rotatable bonds is 3. The molecule has 3 nitrogen and oxygen atoms in total. The predicted molar refractivity (Wildman–Crippen MR) is 76.5 cm³/mol. The van der Waals surface area contributed by atoms with Crippen LogP contribution in [0.15, 0.2) is 36.5 Å². The van der Waals surface area contributed by atoms with Crippen molar-refractivity contribution in [2.45, 2.75) is 6.54 Å². The Morgan fingerprint density at radius 2 is 2.05 bits per heavy atom. The van der Waals surface area contributed by atoms with Gasteiger partial charge in [-0.05, 0) is 12.1 Å². The van der Waals surface area contributed by atoms with Gasteiger partial charge in [0.15, 0.2) is 0 Å². The van der Waals surface area contributed by atoms with Gasteiger partial charge in [0.25, 0.3) is 5.91 Å². The van der Waals surface area contributed by atoms with E-state index in [1.165, 1.54) is 23.2 Å². The fraction of sp³-hybridized carbons (Fsp3) is 0.143. The van der Waals surface area contributed by atoms with Gasteiger partial charge in [0, 0.05) is 25.4 Å². The zero-order valence-corrected chi connectivity index (χ0v) is 12.1. The molecule has 0 bridgehead atoms. The van der Waals surface area contributed by atoms with Crippen molar-refractivity contribution in [3.8, 4) is 0 Å². The number of hydrogen-bond donors (Lipinski definition) is 0. The van der Waals surface area contributed by atoms with Crippen molar-refractivity contribution in [2.75, 3.05) is 7.05 Å². The fourth-order valence-electron chi connectivity index (χ4n) is 1.71. The standard InChI is InChI=1S/C14H11Cl2FN2O/c1-19(8-9-4-2-3-5-12(9)17)14(20)10-6-11(15)13(16)18-7-10/h2-7H,8H2,1H3. The number of pyridine rings is 1. The maximum atomic E-state index is 13.5. The van der Waals surface area contributed by atoms with Gasteiger partial charge in [0.05, 0.1) is 10.6 Å². The molecule has 2 aromatic rings. The monoisotopic (exact) mass is 312 g/mol. The Kier molecular flexibility index (Phi) is 4.57. The first-order chi connectivity index (χ1) is 9.49. The van der Waals surface area contributed by atoms with Crippen LogP contribution in [0.1, 0.15) is 15.9 Å². The highest BCUT2D eigenvalue weighted by Crippen LogP contribution is 2.20. The van der Waals surface area contributed by atoms with Gasteiger partial charge in [0.2, 0.25) is 0 Å². The zero-order valence-electron chi connectivity index (χ0n) is 10.6. The molecule has 0 fully saturated rings. The van der Waals surface area contributed by atoms with Crippen molar-refractivity contribution in [1.29, 1.82) is 0 Å². The molecule has 6 heteroatoms. The Hall–Kier alpha value is -1.65. The quantitative estimate of drug-likeness (QED) is 0.808. The summed E-state index contributed by atoms with van der Waals surface area (Å²) in [7, 11) is 1.58. The third-order valence-corrected chi connectivity index (χ3v) is 3.44. The maximum absolute atomic E-state index is 13.5. The summed E-state index contributed by atoms with van der Waals surface area (Å²) in [5, 5.41) is 0.344. The average molecular weight is 313 g/mol. The van der Waals surface area contributed by atoms with Crippen molar-refractivity contribution in [2.24, 2.45) is 0 Å². The van der Waals surface area contributed by atoms with Crippen LogP contribution in [0, 0.1) is 5.82 Å². The summed E-state index contributed by atoms with van der Waals surface area (Å²) < 4.78 is 13.5. The molecule has 1 aromatic heterocycles. The smallest absolute Gasteiger partial charge is 0.255 e. The van der Waals surface area contributed by atoms with Crippen molar-refractivity contribution in [3.63, 3.8) is 0 Å². The summed E-state index contributed by atoms with van der Waals surface area (Å²) >= 11 is 11.5. The summed E-state index contributed by atoms with van der Waals surface area (Å²) in [5.41, 5.74) is 0.745. The number of benzene rings is 1. The molecule has 0 spiro atoms. The van der Waals surface area contributed by atoms with E-state index in [2.05, 4.69) is 4.98 Å². The van der Waals surface area contributed by atoms with Gasteiger partial charge in [-0.25, -0.2) is 9.37 Å². The van der Waals surface area contributed by atoms with Gasteiger partial charge in [-0.3, -0.25) is 4.79 Å². The lowest BCUT2D eigenvalue weighted by Gasteiger charge is -2.17. The number of aromatic nitrogens is 1. The molecular weight excluding hydrogens is 302 g/mol. The molecule has 0 saturated carbocycles. The van der Waals surface area contributed by atoms with Crippen LogP contribution in [0.5, 0.6) is 0 Å². The van der Waals surface area contributed by atoms with Crippen LogP contribution < -0.4 is 0 Å². The van der Waals surface area contributed by atoms with Crippen molar-refractivity contribution in [3.05, 3.63) is 63.6 Å². The lowest BCUT2D eigenvalue weighted by molar-refractivity contribution is 0.0783. The molecule has 20 heavy (non-hydrogen) atoms. The molecule has 0 aliphatic heterocycles. The Morgan fingerprint density at radius 1 is 1.35 bits per heavy atom. The SMILES string of the molecule is CN(Cc1ccccc1F)C(=O)c1cnc(Cl)c(Cl)c1. The second-order valence-electron chi connectivity index (χ2n) is 4.25. The minimum Gasteiger partial charge on any atom is -0.337 e. The first-order valence-corrected chi connectivity index (χ1v) is 6.54. The molecule has 0 radical (unpaired) electrons. The molecule has 2 rings (SSSR count). The number of nitrogens with zero attached hydrogens (tertiary/aromatic N) is 2. The molecule has 1 aromatic carbocycles. The van der Waals surface area contributed by atoms with Crippen LogP contribution in [-0.2, 0) is 6.54 Å². The first-order valence-electron chi connectivity index (χ1n) is 5.79. The molecule has 0 aliphatic carbocycles. The third-order valence-electron chi connectivity index (χ3n) is 2.76. The summed E-state index contributed by atoms with van der Waals surface area (Å²) in [6.45, 7) is 0.158. The van der Waals surface area contributed by atoms with Gasteiger partial charge in [-0.1, -0.05) is 41.4 Å². The Balaban J connectivity index is 2.16. The Bertz CT molecular complexity index is 649. The number of halogens is 3. The van der Waals surface area contributed by atoms with E-state index in [4.69, 9.17) is 23.2 Å². The van der Waals surface area contributed by atoms with E-state index in [-0.39, 0.29) is 28.4 Å². The Labute approximate surface area is 125 Å². The largest absolute Gasteiger partial charge is 0.337 e. The lowest BCUT2D eigenvalue weighted by atomic mass is 10.2. The molecule has 104 valence electrons. The number of carbonyl (C=O) groups is 1. The minimum absolute atomic E-state index is 0.139. The van der Waals surface area contributed by atoms with E-state index in [0.717, 1.165) is 0 Å². The van der Waals surface area contributed by atoms with Crippen LogP contribution in [-0.4, -0.2) is 22.8 Å². The highest BCUT2D eigenvalue weighted by Gasteiger charge is 2.15. The zero-order chi connectivity index (χ0) is 14.7. The van der Waals surface area contributed by atoms with Crippen LogP contribution in [0.3, 0.4) is 0 Å². The van der Waals surface area contributed by atoms with Crippen LogP contribution in [0.25, 0.3) is 0 Å². The number of amides is 1. The first kappa shape index (κ1) is 14.8. The Morgan fingerprint density at radius 3 is 2.70 bits per heavy atom. The normalized spacial score (nSPS) is 10.4. The van der Waals surface area contributed by atoms with E-state index >= 15 is 0 Å². The molecule has 1 heterocycles. The van der Waals surface area contributed by atoms with Gasteiger partial charge >= 0.3 is 0 Å². The summed E-state index contributed by atoms with van der Waals surface area (Å²) in [6.07, 6.45) is 1.34. The van der Waals surface area contributed by atoms with E-state index in [9.17, 15) is 9.18 Å². The second-order valence-corrected chi connectivity index (χ2v) is 5.01. The molecule has 0 aliphatic rings. The molecule has 0 unspecified atom stereocenters. The second kappa shape index (κ2) is 6.20.